The molecule has 9 heteroatoms. The zero-order valence-corrected chi connectivity index (χ0v) is 19.2. The van der Waals surface area contributed by atoms with Gasteiger partial charge in [0, 0.05) is 18.5 Å². The summed E-state index contributed by atoms with van der Waals surface area (Å²) >= 11 is 1.41. The van der Waals surface area contributed by atoms with Crippen LogP contribution in [0.1, 0.15) is 12.7 Å². The third-order valence-corrected chi connectivity index (χ3v) is 6.85. The lowest BCUT2D eigenvalue weighted by molar-refractivity contribution is -0.121. The lowest BCUT2D eigenvalue weighted by atomic mass is 10.2. The number of morpholine rings is 1. The smallest absolute Gasteiger partial charge is 0.244 e. The van der Waals surface area contributed by atoms with Crippen LogP contribution in [-0.4, -0.2) is 64.8 Å². The summed E-state index contributed by atoms with van der Waals surface area (Å²) in [5.41, 5.74) is 2.23. The number of anilines is 2. The molecule has 0 spiro atoms. The van der Waals surface area contributed by atoms with Gasteiger partial charge in [-0.15, -0.1) is 0 Å². The lowest BCUT2D eigenvalue weighted by Gasteiger charge is -2.31. The Morgan fingerprint density at radius 1 is 1.12 bits per heavy atom. The number of rotatable bonds is 5. The minimum absolute atomic E-state index is 0.00749. The number of ether oxygens (including phenoxy) is 1. The number of fused-ring (bicyclic) bond motifs is 2. The minimum Gasteiger partial charge on any atom is -0.379 e. The highest BCUT2D eigenvalue weighted by Gasteiger charge is 2.30. The number of aromatic nitrogens is 2. The van der Waals surface area contributed by atoms with Gasteiger partial charge in [0.05, 0.1) is 41.9 Å². The second-order valence-electron chi connectivity index (χ2n) is 8.10. The maximum absolute atomic E-state index is 13.4. The van der Waals surface area contributed by atoms with Gasteiger partial charge in [0.15, 0.2) is 0 Å². The monoisotopic (exact) mass is 463 g/mol. The molecule has 170 valence electrons. The molecule has 0 unspecified atom stereocenters. The van der Waals surface area contributed by atoms with E-state index in [1.807, 2.05) is 49.4 Å². The summed E-state index contributed by atoms with van der Waals surface area (Å²) in [6.45, 7) is 5.64. The van der Waals surface area contributed by atoms with Gasteiger partial charge in [0.25, 0.3) is 0 Å². The SMILES string of the molecule is C[C@H](Sc1nc(CN2CCOCC2)nc2ccccc12)C(=O)N1CC(=O)Nc2ccccc21. The van der Waals surface area contributed by atoms with Gasteiger partial charge < -0.3 is 10.1 Å². The van der Waals surface area contributed by atoms with Crippen molar-refractivity contribution in [2.45, 2.75) is 23.7 Å². The molecule has 0 radical (unpaired) electrons. The Balaban J connectivity index is 1.41. The lowest BCUT2D eigenvalue weighted by Crippen LogP contribution is -2.45. The average molecular weight is 464 g/mol. The molecule has 1 saturated heterocycles. The van der Waals surface area contributed by atoms with E-state index in [1.54, 1.807) is 11.0 Å². The van der Waals surface area contributed by atoms with Crippen molar-refractivity contribution in [3.05, 3.63) is 54.4 Å². The Labute approximate surface area is 196 Å². The predicted molar refractivity (Wildman–Crippen MR) is 128 cm³/mol. The Bertz CT molecular complexity index is 1200. The number of benzene rings is 2. The second kappa shape index (κ2) is 9.46. The number of nitrogens with zero attached hydrogens (tertiary/aromatic N) is 4. The van der Waals surface area contributed by atoms with E-state index >= 15 is 0 Å². The van der Waals surface area contributed by atoms with E-state index in [0.717, 1.165) is 40.5 Å². The van der Waals surface area contributed by atoms with Crippen LogP contribution in [-0.2, 0) is 20.9 Å². The number of carbonyl (C=O) groups is 2. The molecule has 3 aromatic rings. The minimum atomic E-state index is -0.432. The molecule has 2 aliphatic heterocycles. The molecule has 1 N–H and O–H groups in total. The highest BCUT2D eigenvalue weighted by atomic mass is 32.2. The highest BCUT2D eigenvalue weighted by Crippen LogP contribution is 2.34. The molecule has 1 aromatic heterocycles. The van der Waals surface area contributed by atoms with Gasteiger partial charge in [-0.2, -0.15) is 0 Å². The standard InChI is InChI=1S/C24H25N5O3S/c1-16(24(31)29-15-22(30)26-19-8-4-5-9-20(19)29)33-23-17-6-2-3-7-18(17)25-21(27-23)14-28-10-12-32-13-11-28/h2-9,16H,10-15H2,1H3,(H,26,30)/t16-/m0/s1. The van der Waals surface area contributed by atoms with Crippen molar-refractivity contribution in [2.75, 3.05) is 43.1 Å². The quantitative estimate of drug-likeness (QED) is 0.460. The highest BCUT2D eigenvalue weighted by molar-refractivity contribution is 8.00. The number of carbonyl (C=O) groups excluding carboxylic acids is 2. The second-order valence-corrected chi connectivity index (χ2v) is 9.43. The van der Waals surface area contributed by atoms with Crippen molar-refractivity contribution >= 4 is 45.9 Å². The van der Waals surface area contributed by atoms with Crippen LogP contribution in [0.25, 0.3) is 10.9 Å². The van der Waals surface area contributed by atoms with Crippen LogP contribution in [0.4, 0.5) is 11.4 Å². The van der Waals surface area contributed by atoms with Gasteiger partial charge in [0.1, 0.15) is 17.4 Å². The topological polar surface area (TPSA) is 87.7 Å². The van der Waals surface area contributed by atoms with Crippen LogP contribution in [0.15, 0.2) is 53.6 Å². The molecule has 1 atom stereocenters. The summed E-state index contributed by atoms with van der Waals surface area (Å²) in [6, 6.07) is 15.2. The van der Waals surface area contributed by atoms with Crippen LogP contribution in [0, 0.1) is 0 Å². The number of hydrogen-bond acceptors (Lipinski definition) is 7. The van der Waals surface area contributed by atoms with Gasteiger partial charge >= 0.3 is 0 Å². The molecule has 0 aliphatic carbocycles. The first kappa shape index (κ1) is 21.8. The number of thioether (sulfide) groups is 1. The maximum atomic E-state index is 13.4. The molecule has 33 heavy (non-hydrogen) atoms. The van der Waals surface area contributed by atoms with Crippen molar-refractivity contribution in [3.8, 4) is 0 Å². The summed E-state index contributed by atoms with van der Waals surface area (Å²) in [5, 5.41) is 4.10. The molecule has 2 aromatic carbocycles. The van der Waals surface area contributed by atoms with Crippen LogP contribution in [0.5, 0.6) is 0 Å². The van der Waals surface area contributed by atoms with Gasteiger partial charge in [-0.3, -0.25) is 19.4 Å². The summed E-state index contributed by atoms with van der Waals surface area (Å²) in [7, 11) is 0. The number of nitrogens with one attached hydrogen (secondary N) is 1. The number of amides is 2. The van der Waals surface area contributed by atoms with Crippen molar-refractivity contribution in [2.24, 2.45) is 0 Å². The molecular weight excluding hydrogens is 438 g/mol. The van der Waals surface area contributed by atoms with Crippen molar-refractivity contribution in [1.29, 1.82) is 0 Å². The fraction of sp³-hybridized carbons (Fsp3) is 0.333. The van der Waals surface area contributed by atoms with Crippen molar-refractivity contribution < 1.29 is 14.3 Å². The molecule has 5 rings (SSSR count). The van der Waals surface area contributed by atoms with Crippen LogP contribution in [0.2, 0.25) is 0 Å². The van der Waals surface area contributed by atoms with Gasteiger partial charge in [-0.05, 0) is 25.1 Å². The van der Waals surface area contributed by atoms with E-state index in [9.17, 15) is 9.59 Å². The summed E-state index contributed by atoms with van der Waals surface area (Å²) in [5.74, 6) is 0.416. The third-order valence-electron chi connectivity index (χ3n) is 5.76. The summed E-state index contributed by atoms with van der Waals surface area (Å²) in [6.07, 6.45) is 0. The molecule has 0 saturated carbocycles. The fourth-order valence-electron chi connectivity index (χ4n) is 4.08. The molecular formula is C24H25N5O3S. The van der Waals surface area contributed by atoms with Crippen molar-refractivity contribution in [1.82, 2.24) is 14.9 Å². The Kier molecular flexibility index (Phi) is 6.26. The average Bonchev–Trinajstić information content (AvgIpc) is 2.83. The maximum Gasteiger partial charge on any atom is 0.244 e. The molecule has 8 nitrogen and oxygen atoms in total. The van der Waals surface area contributed by atoms with Gasteiger partial charge in [-0.1, -0.05) is 42.1 Å². The van der Waals surface area contributed by atoms with E-state index < -0.39 is 5.25 Å². The van der Waals surface area contributed by atoms with E-state index in [2.05, 4.69) is 10.2 Å². The van der Waals surface area contributed by atoms with Gasteiger partial charge in [-0.25, -0.2) is 9.97 Å². The Morgan fingerprint density at radius 2 is 1.88 bits per heavy atom. The fourth-order valence-corrected chi connectivity index (χ4v) is 5.10. The van der Waals surface area contributed by atoms with E-state index in [1.165, 1.54) is 11.8 Å². The Hall–Kier alpha value is -3.01. The van der Waals surface area contributed by atoms with Crippen LogP contribution < -0.4 is 10.2 Å². The predicted octanol–water partition coefficient (Wildman–Crippen LogP) is 2.93. The van der Waals surface area contributed by atoms with E-state index in [-0.39, 0.29) is 18.4 Å². The number of para-hydroxylation sites is 3. The van der Waals surface area contributed by atoms with E-state index in [4.69, 9.17) is 14.7 Å². The molecule has 2 aliphatic rings. The molecule has 0 bridgehead atoms. The normalized spacial score (nSPS) is 17.5. The van der Waals surface area contributed by atoms with E-state index in [0.29, 0.717) is 25.4 Å². The van der Waals surface area contributed by atoms with Crippen LogP contribution >= 0.6 is 11.8 Å². The number of hydrogen-bond donors (Lipinski definition) is 1. The first-order chi connectivity index (χ1) is 16.1. The zero-order chi connectivity index (χ0) is 22.8. The molecule has 3 heterocycles. The van der Waals surface area contributed by atoms with Crippen LogP contribution in [0.3, 0.4) is 0 Å². The molecule has 1 fully saturated rings. The Morgan fingerprint density at radius 3 is 2.73 bits per heavy atom. The molecule has 2 amide bonds. The first-order valence-electron chi connectivity index (χ1n) is 11.0. The first-order valence-corrected chi connectivity index (χ1v) is 11.9. The van der Waals surface area contributed by atoms with Gasteiger partial charge in [0.2, 0.25) is 11.8 Å². The largest absolute Gasteiger partial charge is 0.379 e. The summed E-state index contributed by atoms with van der Waals surface area (Å²) in [4.78, 5) is 39.0. The third kappa shape index (κ3) is 4.71. The van der Waals surface area contributed by atoms with Crippen molar-refractivity contribution in [3.63, 3.8) is 0 Å². The summed E-state index contributed by atoms with van der Waals surface area (Å²) < 4.78 is 5.44. The zero-order valence-electron chi connectivity index (χ0n) is 18.4.